The summed E-state index contributed by atoms with van der Waals surface area (Å²) in [5.74, 6) is 1.33. The number of hydrogen-bond acceptors (Lipinski definition) is 4. The third-order valence-electron chi connectivity index (χ3n) is 3.20. The van der Waals surface area contributed by atoms with Gasteiger partial charge in [-0.25, -0.2) is 0 Å². The Labute approximate surface area is 106 Å². The summed E-state index contributed by atoms with van der Waals surface area (Å²) in [4.78, 5) is 0. The molecule has 1 aromatic carbocycles. The molecule has 0 atom stereocenters. The number of benzene rings is 1. The lowest BCUT2D eigenvalue weighted by molar-refractivity contribution is 0.453. The molecule has 2 N–H and O–H groups in total. The molecule has 0 radical (unpaired) electrons. The van der Waals surface area contributed by atoms with Gasteiger partial charge in [0.05, 0.1) is 5.69 Å². The molecular formula is C14H15N3O. The fourth-order valence-corrected chi connectivity index (χ4v) is 2.24. The molecule has 1 aliphatic carbocycles. The second kappa shape index (κ2) is 4.74. The van der Waals surface area contributed by atoms with Crippen molar-refractivity contribution in [3.8, 4) is 11.6 Å². The van der Waals surface area contributed by atoms with Gasteiger partial charge in [0.25, 0.3) is 0 Å². The van der Waals surface area contributed by atoms with Gasteiger partial charge in [0.1, 0.15) is 5.75 Å². The number of aromatic nitrogens is 2. The second-order valence-corrected chi connectivity index (χ2v) is 4.45. The van der Waals surface area contributed by atoms with E-state index in [4.69, 9.17) is 10.5 Å². The molecule has 4 nitrogen and oxygen atoms in total. The van der Waals surface area contributed by atoms with E-state index in [1.54, 1.807) is 6.07 Å². The van der Waals surface area contributed by atoms with E-state index in [9.17, 15) is 0 Å². The van der Waals surface area contributed by atoms with Crippen LogP contribution in [0.15, 0.2) is 30.3 Å². The lowest BCUT2D eigenvalue weighted by Crippen LogP contribution is -2.01. The molecule has 1 aromatic heterocycles. The van der Waals surface area contributed by atoms with Crippen molar-refractivity contribution in [3.63, 3.8) is 0 Å². The Morgan fingerprint density at radius 3 is 2.72 bits per heavy atom. The normalized spacial score (nSPS) is 13.4. The van der Waals surface area contributed by atoms with Gasteiger partial charge >= 0.3 is 0 Å². The lowest BCUT2D eigenvalue weighted by Gasteiger charge is -2.06. The van der Waals surface area contributed by atoms with E-state index >= 15 is 0 Å². The predicted molar refractivity (Wildman–Crippen MR) is 68.5 cm³/mol. The van der Waals surface area contributed by atoms with Crippen molar-refractivity contribution in [2.45, 2.75) is 25.8 Å². The molecule has 0 saturated heterocycles. The highest BCUT2D eigenvalue weighted by atomic mass is 16.5. The summed E-state index contributed by atoms with van der Waals surface area (Å²) < 4.78 is 5.69. The topological polar surface area (TPSA) is 61.0 Å². The summed E-state index contributed by atoms with van der Waals surface area (Å²) in [7, 11) is 0. The summed E-state index contributed by atoms with van der Waals surface area (Å²) in [6.07, 6.45) is 3.56. The zero-order valence-electron chi connectivity index (χ0n) is 10.1. The zero-order valence-corrected chi connectivity index (χ0v) is 10.1. The van der Waals surface area contributed by atoms with Gasteiger partial charge < -0.3 is 10.5 Å². The average Bonchev–Trinajstić information content (AvgIpc) is 2.87. The van der Waals surface area contributed by atoms with Crippen LogP contribution in [0.4, 0.5) is 0 Å². The number of nitrogens with two attached hydrogens (primary N) is 1. The monoisotopic (exact) mass is 241 g/mol. The van der Waals surface area contributed by atoms with E-state index in [1.165, 1.54) is 24.0 Å². The maximum absolute atomic E-state index is 5.69. The van der Waals surface area contributed by atoms with E-state index in [1.807, 2.05) is 12.1 Å². The first-order valence-electron chi connectivity index (χ1n) is 6.17. The first-order chi connectivity index (χ1) is 8.85. The molecule has 0 bridgehead atoms. The summed E-state index contributed by atoms with van der Waals surface area (Å²) in [6.45, 7) is 0.395. The Morgan fingerprint density at radius 2 is 1.94 bits per heavy atom. The van der Waals surface area contributed by atoms with Gasteiger partial charge in [0.15, 0.2) is 0 Å². The largest absolute Gasteiger partial charge is 0.438 e. The molecule has 0 unspecified atom stereocenters. The molecule has 2 aromatic rings. The van der Waals surface area contributed by atoms with Crippen LogP contribution in [0.3, 0.4) is 0 Å². The third kappa shape index (κ3) is 2.19. The quantitative estimate of drug-likeness (QED) is 0.895. The number of nitrogens with zero attached hydrogens (tertiary/aromatic N) is 2. The van der Waals surface area contributed by atoms with E-state index in [0.717, 1.165) is 17.9 Å². The van der Waals surface area contributed by atoms with Gasteiger partial charge in [-0.15, -0.1) is 5.10 Å². The Bertz CT molecular complexity index is 551. The van der Waals surface area contributed by atoms with Crippen LogP contribution in [-0.2, 0) is 19.4 Å². The number of aryl methyl sites for hydroxylation is 2. The maximum atomic E-state index is 5.69. The minimum atomic E-state index is 0.395. The minimum Gasteiger partial charge on any atom is -0.438 e. The summed E-state index contributed by atoms with van der Waals surface area (Å²) >= 11 is 0. The SMILES string of the molecule is NCc1ccc(Oc2ccc3c(c2)CCC3)nn1. The third-order valence-corrected chi connectivity index (χ3v) is 3.20. The first kappa shape index (κ1) is 11.2. The molecule has 4 heteroatoms. The van der Waals surface area contributed by atoms with Crippen LogP contribution in [0, 0.1) is 0 Å². The molecule has 0 spiro atoms. The number of hydrogen-bond donors (Lipinski definition) is 1. The van der Waals surface area contributed by atoms with Gasteiger partial charge in [0, 0.05) is 12.6 Å². The van der Waals surface area contributed by atoms with Crippen molar-refractivity contribution < 1.29 is 4.74 Å². The molecule has 0 fully saturated rings. The van der Waals surface area contributed by atoms with Gasteiger partial charge in [-0.2, -0.15) is 5.10 Å². The molecule has 92 valence electrons. The average molecular weight is 241 g/mol. The number of fused-ring (bicyclic) bond motifs is 1. The molecule has 1 heterocycles. The summed E-state index contributed by atoms with van der Waals surface area (Å²) in [6, 6.07) is 9.85. The van der Waals surface area contributed by atoms with Gasteiger partial charge in [0.2, 0.25) is 5.88 Å². The fraction of sp³-hybridized carbons (Fsp3) is 0.286. The fourth-order valence-electron chi connectivity index (χ4n) is 2.24. The van der Waals surface area contributed by atoms with Crippen molar-refractivity contribution >= 4 is 0 Å². The Balaban J connectivity index is 1.79. The molecule has 3 rings (SSSR count). The molecule has 18 heavy (non-hydrogen) atoms. The molecule has 0 saturated carbocycles. The summed E-state index contributed by atoms with van der Waals surface area (Å²) in [5, 5.41) is 7.95. The van der Waals surface area contributed by atoms with Crippen molar-refractivity contribution in [1.29, 1.82) is 0 Å². The van der Waals surface area contributed by atoms with Crippen LogP contribution in [0.2, 0.25) is 0 Å². The van der Waals surface area contributed by atoms with E-state index in [2.05, 4.69) is 22.3 Å². The summed E-state index contributed by atoms with van der Waals surface area (Å²) in [5.41, 5.74) is 9.06. The number of rotatable bonds is 3. The highest BCUT2D eigenvalue weighted by molar-refractivity contribution is 5.39. The van der Waals surface area contributed by atoms with Gasteiger partial charge in [-0.3, -0.25) is 0 Å². The highest BCUT2D eigenvalue weighted by Crippen LogP contribution is 2.28. The van der Waals surface area contributed by atoms with Gasteiger partial charge in [-0.05, 0) is 48.6 Å². The molecular weight excluding hydrogens is 226 g/mol. The van der Waals surface area contributed by atoms with Crippen molar-refractivity contribution in [2.24, 2.45) is 5.73 Å². The van der Waals surface area contributed by atoms with Crippen LogP contribution in [0.25, 0.3) is 0 Å². The van der Waals surface area contributed by atoms with Crippen molar-refractivity contribution in [2.75, 3.05) is 0 Å². The predicted octanol–water partition coefficient (Wildman–Crippen LogP) is 2.22. The van der Waals surface area contributed by atoms with Crippen molar-refractivity contribution in [3.05, 3.63) is 47.2 Å². The Kier molecular flexibility index (Phi) is 2.94. The molecule has 0 aliphatic heterocycles. The zero-order chi connectivity index (χ0) is 12.4. The maximum Gasteiger partial charge on any atom is 0.238 e. The van der Waals surface area contributed by atoms with Crippen LogP contribution in [0.1, 0.15) is 23.2 Å². The van der Waals surface area contributed by atoms with Crippen LogP contribution < -0.4 is 10.5 Å². The Morgan fingerprint density at radius 1 is 1.06 bits per heavy atom. The molecule has 0 amide bonds. The van der Waals surface area contributed by atoms with E-state index in [0.29, 0.717) is 12.4 Å². The van der Waals surface area contributed by atoms with E-state index < -0.39 is 0 Å². The highest BCUT2D eigenvalue weighted by Gasteiger charge is 2.11. The molecule has 1 aliphatic rings. The standard InChI is InChI=1S/C14H15N3O/c15-9-12-5-7-14(17-16-12)18-13-6-4-10-2-1-3-11(10)8-13/h4-8H,1-3,9,15H2. The van der Waals surface area contributed by atoms with Crippen molar-refractivity contribution in [1.82, 2.24) is 10.2 Å². The van der Waals surface area contributed by atoms with E-state index in [-0.39, 0.29) is 0 Å². The van der Waals surface area contributed by atoms with Crippen LogP contribution in [0.5, 0.6) is 11.6 Å². The number of ether oxygens (including phenoxy) is 1. The second-order valence-electron chi connectivity index (χ2n) is 4.45. The first-order valence-corrected chi connectivity index (χ1v) is 6.17. The minimum absolute atomic E-state index is 0.395. The smallest absolute Gasteiger partial charge is 0.238 e. The van der Waals surface area contributed by atoms with Crippen LogP contribution in [-0.4, -0.2) is 10.2 Å². The Hall–Kier alpha value is -1.94. The lowest BCUT2D eigenvalue weighted by atomic mass is 10.1. The van der Waals surface area contributed by atoms with Crippen LogP contribution >= 0.6 is 0 Å². The van der Waals surface area contributed by atoms with Gasteiger partial charge in [-0.1, -0.05) is 6.07 Å².